The standard InChI is InChI=1S/C14H18O5S/c1-4-19-13(17)14(2,3)20(18)9-10-5-7-11(8-6-10)12(15)16/h5-8H,4,9H2,1-3H3,(H,15,16). The predicted octanol–water partition coefficient (Wildman–Crippen LogP) is 1.98. The molecule has 1 unspecified atom stereocenters. The monoisotopic (exact) mass is 298 g/mol. The Morgan fingerprint density at radius 1 is 1.25 bits per heavy atom. The summed E-state index contributed by atoms with van der Waals surface area (Å²) in [6.45, 7) is 5.09. The third-order valence-corrected chi connectivity index (χ3v) is 4.74. The van der Waals surface area contributed by atoms with E-state index in [1.807, 2.05) is 0 Å². The minimum absolute atomic E-state index is 0.171. The fourth-order valence-corrected chi connectivity index (χ4v) is 2.57. The largest absolute Gasteiger partial charge is 0.478 e. The first kappa shape index (κ1) is 16.4. The van der Waals surface area contributed by atoms with Gasteiger partial charge < -0.3 is 9.84 Å². The summed E-state index contributed by atoms with van der Waals surface area (Å²) >= 11 is 0. The summed E-state index contributed by atoms with van der Waals surface area (Å²) < 4.78 is 16.1. The molecule has 0 spiro atoms. The highest BCUT2D eigenvalue weighted by atomic mass is 32.2. The molecule has 0 fully saturated rings. The van der Waals surface area contributed by atoms with Crippen molar-refractivity contribution in [3.05, 3.63) is 35.4 Å². The lowest BCUT2D eigenvalue weighted by molar-refractivity contribution is -0.145. The molecule has 110 valence electrons. The molecular weight excluding hydrogens is 280 g/mol. The van der Waals surface area contributed by atoms with Crippen molar-refractivity contribution in [3.63, 3.8) is 0 Å². The average molecular weight is 298 g/mol. The zero-order chi connectivity index (χ0) is 15.3. The molecule has 0 aliphatic rings. The molecule has 0 saturated heterocycles. The first-order valence-electron chi connectivity index (χ1n) is 6.17. The van der Waals surface area contributed by atoms with Crippen molar-refractivity contribution >= 4 is 22.7 Å². The fourth-order valence-electron chi connectivity index (χ4n) is 1.47. The molecule has 1 N–H and O–H groups in total. The number of esters is 1. The molecule has 20 heavy (non-hydrogen) atoms. The molecule has 1 aromatic carbocycles. The van der Waals surface area contributed by atoms with Crippen LogP contribution in [0.3, 0.4) is 0 Å². The van der Waals surface area contributed by atoms with E-state index in [2.05, 4.69) is 0 Å². The van der Waals surface area contributed by atoms with Crippen LogP contribution in [0.15, 0.2) is 24.3 Å². The Balaban J connectivity index is 2.79. The van der Waals surface area contributed by atoms with Crippen molar-refractivity contribution in [2.45, 2.75) is 31.3 Å². The van der Waals surface area contributed by atoms with Gasteiger partial charge in [0, 0.05) is 16.6 Å². The van der Waals surface area contributed by atoms with Crippen LogP contribution in [0.25, 0.3) is 0 Å². The summed E-state index contributed by atoms with van der Waals surface area (Å²) in [5.41, 5.74) is 0.884. The van der Waals surface area contributed by atoms with Crippen LogP contribution >= 0.6 is 0 Å². The van der Waals surface area contributed by atoms with E-state index in [4.69, 9.17) is 9.84 Å². The van der Waals surface area contributed by atoms with Gasteiger partial charge in [0.1, 0.15) is 4.75 Å². The summed E-state index contributed by atoms with van der Waals surface area (Å²) in [5.74, 6) is -1.34. The SMILES string of the molecule is CCOC(=O)C(C)(C)S(=O)Cc1ccc(C(=O)O)cc1. The van der Waals surface area contributed by atoms with E-state index in [0.717, 1.165) is 0 Å². The van der Waals surface area contributed by atoms with Crippen molar-refractivity contribution in [2.75, 3.05) is 6.61 Å². The maximum absolute atomic E-state index is 12.3. The number of ether oxygens (including phenoxy) is 1. The fraction of sp³-hybridized carbons (Fsp3) is 0.429. The van der Waals surface area contributed by atoms with Gasteiger partial charge in [-0.1, -0.05) is 12.1 Å². The highest BCUT2D eigenvalue weighted by Gasteiger charge is 2.35. The van der Waals surface area contributed by atoms with Crippen LogP contribution in [0.5, 0.6) is 0 Å². The van der Waals surface area contributed by atoms with Gasteiger partial charge in [-0.15, -0.1) is 0 Å². The molecule has 0 aromatic heterocycles. The maximum Gasteiger partial charge on any atom is 0.335 e. The van der Waals surface area contributed by atoms with Gasteiger partial charge in [-0.05, 0) is 38.5 Å². The van der Waals surface area contributed by atoms with Crippen LogP contribution in [-0.2, 0) is 26.1 Å². The number of rotatable bonds is 6. The lowest BCUT2D eigenvalue weighted by Gasteiger charge is -2.21. The first-order chi connectivity index (χ1) is 9.28. The summed E-state index contributed by atoms with van der Waals surface area (Å²) in [4.78, 5) is 22.5. The first-order valence-corrected chi connectivity index (χ1v) is 7.49. The van der Waals surface area contributed by atoms with Crippen molar-refractivity contribution in [2.24, 2.45) is 0 Å². The van der Waals surface area contributed by atoms with Gasteiger partial charge in [-0.25, -0.2) is 4.79 Å². The maximum atomic E-state index is 12.3. The van der Waals surface area contributed by atoms with Gasteiger partial charge in [0.05, 0.1) is 12.2 Å². The summed E-state index contributed by atoms with van der Waals surface area (Å²) in [7, 11) is -1.45. The lowest BCUT2D eigenvalue weighted by Crippen LogP contribution is -2.38. The quantitative estimate of drug-likeness (QED) is 0.812. The van der Waals surface area contributed by atoms with E-state index in [9.17, 15) is 13.8 Å². The topological polar surface area (TPSA) is 80.7 Å². The second-order valence-corrected chi connectivity index (χ2v) is 6.72. The number of carboxylic acid groups (broad SMARTS) is 1. The van der Waals surface area contributed by atoms with E-state index in [-0.39, 0.29) is 17.9 Å². The zero-order valence-electron chi connectivity index (χ0n) is 11.7. The number of hydrogen-bond donors (Lipinski definition) is 1. The molecule has 1 atom stereocenters. The number of carboxylic acids is 1. The third-order valence-electron chi connectivity index (χ3n) is 2.83. The van der Waals surface area contributed by atoms with Crippen molar-refractivity contribution in [3.8, 4) is 0 Å². The third kappa shape index (κ3) is 3.90. The Kier molecular flexibility index (Phi) is 5.44. The average Bonchev–Trinajstić information content (AvgIpc) is 2.39. The number of hydrogen-bond acceptors (Lipinski definition) is 4. The highest BCUT2D eigenvalue weighted by molar-refractivity contribution is 7.86. The van der Waals surface area contributed by atoms with E-state index in [0.29, 0.717) is 5.56 Å². The number of carbonyl (C=O) groups is 2. The van der Waals surface area contributed by atoms with Gasteiger partial charge in [0.2, 0.25) is 0 Å². The molecule has 0 radical (unpaired) electrons. The van der Waals surface area contributed by atoms with Crippen LogP contribution in [0.4, 0.5) is 0 Å². The van der Waals surface area contributed by atoms with E-state index < -0.39 is 27.5 Å². The zero-order valence-corrected chi connectivity index (χ0v) is 12.5. The minimum atomic E-state index is -1.45. The molecule has 0 bridgehead atoms. The Morgan fingerprint density at radius 2 is 1.80 bits per heavy atom. The van der Waals surface area contributed by atoms with Gasteiger partial charge in [-0.3, -0.25) is 9.00 Å². The Hall–Kier alpha value is -1.69. The number of carbonyl (C=O) groups excluding carboxylic acids is 1. The van der Waals surface area contributed by atoms with Crippen LogP contribution in [0, 0.1) is 0 Å². The predicted molar refractivity (Wildman–Crippen MR) is 76.0 cm³/mol. The van der Waals surface area contributed by atoms with Crippen molar-refractivity contribution < 1.29 is 23.6 Å². The highest BCUT2D eigenvalue weighted by Crippen LogP contribution is 2.19. The molecule has 1 aromatic rings. The molecular formula is C14H18O5S. The van der Waals surface area contributed by atoms with Crippen LogP contribution in [-0.4, -0.2) is 32.6 Å². The second-order valence-electron chi connectivity index (χ2n) is 4.72. The molecule has 0 saturated carbocycles. The summed E-state index contributed by atoms with van der Waals surface area (Å²) in [5, 5.41) is 8.80. The van der Waals surface area contributed by atoms with Gasteiger partial charge in [0.15, 0.2) is 0 Å². The van der Waals surface area contributed by atoms with Crippen LogP contribution in [0.1, 0.15) is 36.7 Å². The summed E-state index contributed by atoms with van der Waals surface area (Å²) in [6.07, 6.45) is 0. The normalized spacial score (nSPS) is 12.8. The van der Waals surface area contributed by atoms with E-state index >= 15 is 0 Å². The summed E-state index contributed by atoms with van der Waals surface area (Å²) in [6, 6.07) is 6.10. The van der Waals surface area contributed by atoms with E-state index in [1.165, 1.54) is 12.1 Å². The molecule has 1 rings (SSSR count). The van der Waals surface area contributed by atoms with Crippen LogP contribution in [0.2, 0.25) is 0 Å². The molecule has 0 heterocycles. The molecule has 0 aliphatic carbocycles. The molecule has 6 heteroatoms. The lowest BCUT2D eigenvalue weighted by atomic mass is 10.1. The second kappa shape index (κ2) is 6.65. The Morgan fingerprint density at radius 3 is 2.25 bits per heavy atom. The molecule has 0 amide bonds. The van der Waals surface area contributed by atoms with Crippen LogP contribution < -0.4 is 0 Å². The van der Waals surface area contributed by atoms with E-state index in [1.54, 1.807) is 32.9 Å². The van der Waals surface area contributed by atoms with Gasteiger partial charge >= 0.3 is 11.9 Å². The molecule has 0 aliphatic heterocycles. The van der Waals surface area contributed by atoms with Crippen molar-refractivity contribution in [1.82, 2.24) is 0 Å². The minimum Gasteiger partial charge on any atom is -0.478 e. The number of aromatic carboxylic acids is 1. The van der Waals surface area contributed by atoms with Gasteiger partial charge in [-0.2, -0.15) is 0 Å². The van der Waals surface area contributed by atoms with Crippen molar-refractivity contribution in [1.29, 1.82) is 0 Å². The Labute approximate surface area is 120 Å². The smallest absolute Gasteiger partial charge is 0.335 e. The molecule has 5 nitrogen and oxygen atoms in total. The van der Waals surface area contributed by atoms with Gasteiger partial charge in [0.25, 0.3) is 0 Å². The Bertz CT molecular complexity index is 519. The number of benzene rings is 1.